The maximum atomic E-state index is 11.8. The summed E-state index contributed by atoms with van der Waals surface area (Å²) in [6.45, 7) is 1.73. The van der Waals surface area contributed by atoms with E-state index in [1.165, 1.54) is 18.2 Å². The molecule has 0 bridgehead atoms. The largest absolute Gasteiger partial charge is 0.484 e. The molecule has 114 valence electrons. The number of benzene rings is 2. The highest BCUT2D eigenvalue weighted by molar-refractivity contribution is 6.33. The number of rotatable bonds is 5. The first-order valence-electron chi connectivity index (χ1n) is 6.39. The van der Waals surface area contributed by atoms with E-state index in [1.807, 2.05) is 19.1 Å². The van der Waals surface area contributed by atoms with Crippen molar-refractivity contribution in [2.75, 3.05) is 11.9 Å². The van der Waals surface area contributed by atoms with Crippen molar-refractivity contribution in [3.8, 4) is 5.75 Å². The highest BCUT2D eigenvalue weighted by atomic mass is 35.5. The van der Waals surface area contributed by atoms with Crippen LogP contribution < -0.4 is 10.1 Å². The third kappa shape index (κ3) is 4.20. The van der Waals surface area contributed by atoms with E-state index in [0.29, 0.717) is 5.75 Å². The van der Waals surface area contributed by atoms with Gasteiger partial charge in [-0.05, 0) is 25.1 Å². The number of nitrogens with one attached hydrogen (secondary N) is 1. The predicted octanol–water partition coefficient (Wildman–Crippen LogP) is 3.57. The number of ether oxygens (including phenoxy) is 1. The van der Waals surface area contributed by atoms with Gasteiger partial charge in [0.1, 0.15) is 5.75 Å². The van der Waals surface area contributed by atoms with E-state index in [-0.39, 0.29) is 23.0 Å². The summed E-state index contributed by atoms with van der Waals surface area (Å²) in [7, 11) is 0. The van der Waals surface area contributed by atoms with Gasteiger partial charge in [-0.1, -0.05) is 29.3 Å². The first-order valence-corrected chi connectivity index (χ1v) is 6.77. The number of nitro groups is 1. The topological polar surface area (TPSA) is 81.5 Å². The molecule has 0 atom stereocenters. The Bertz CT molecular complexity index is 701. The highest BCUT2D eigenvalue weighted by Crippen LogP contribution is 2.26. The van der Waals surface area contributed by atoms with E-state index in [2.05, 4.69) is 5.32 Å². The van der Waals surface area contributed by atoms with Crippen molar-refractivity contribution in [3.05, 3.63) is 63.2 Å². The summed E-state index contributed by atoms with van der Waals surface area (Å²) in [5.74, 6) is 0.105. The fourth-order valence-electron chi connectivity index (χ4n) is 1.69. The zero-order chi connectivity index (χ0) is 16.1. The lowest BCUT2D eigenvalue weighted by molar-refractivity contribution is -0.384. The number of carbonyl (C=O) groups excluding carboxylic acids is 1. The number of hydrogen-bond acceptors (Lipinski definition) is 4. The lowest BCUT2D eigenvalue weighted by Gasteiger charge is -2.09. The van der Waals surface area contributed by atoms with Gasteiger partial charge >= 0.3 is 0 Å². The number of anilines is 1. The Balaban J connectivity index is 1.98. The Hall–Kier alpha value is -2.60. The second-order valence-corrected chi connectivity index (χ2v) is 4.98. The molecule has 0 spiro atoms. The molecule has 7 heteroatoms. The second-order valence-electron chi connectivity index (χ2n) is 4.57. The monoisotopic (exact) mass is 320 g/mol. The first-order chi connectivity index (χ1) is 10.5. The summed E-state index contributed by atoms with van der Waals surface area (Å²) >= 11 is 5.90. The number of hydrogen-bond donors (Lipinski definition) is 1. The van der Waals surface area contributed by atoms with Crippen molar-refractivity contribution >= 4 is 28.9 Å². The summed E-state index contributed by atoms with van der Waals surface area (Å²) in [4.78, 5) is 22.0. The van der Waals surface area contributed by atoms with E-state index < -0.39 is 10.8 Å². The Morgan fingerprint density at radius 1 is 1.27 bits per heavy atom. The van der Waals surface area contributed by atoms with Gasteiger partial charge < -0.3 is 10.1 Å². The Kier molecular flexibility index (Phi) is 4.95. The average Bonchev–Trinajstić information content (AvgIpc) is 2.48. The van der Waals surface area contributed by atoms with E-state index >= 15 is 0 Å². The van der Waals surface area contributed by atoms with Crippen LogP contribution in [0.2, 0.25) is 5.02 Å². The van der Waals surface area contributed by atoms with Gasteiger partial charge in [-0.15, -0.1) is 0 Å². The molecule has 0 unspecified atom stereocenters. The molecule has 2 rings (SSSR count). The van der Waals surface area contributed by atoms with Crippen molar-refractivity contribution < 1.29 is 14.5 Å². The van der Waals surface area contributed by atoms with Crippen LogP contribution in [0, 0.1) is 17.0 Å². The molecule has 0 aliphatic heterocycles. The van der Waals surface area contributed by atoms with E-state index in [0.717, 1.165) is 5.56 Å². The predicted molar refractivity (Wildman–Crippen MR) is 83.4 cm³/mol. The van der Waals surface area contributed by atoms with Gasteiger partial charge in [-0.25, -0.2) is 0 Å². The van der Waals surface area contributed by atoms with E-state index in [4.69, 9.17) is 16.3 Å². The molecule has 2 aromatic carbocycles. The van der Waals surface area contributed by atoms with Gasteiger partial charge in [0.2, 0.25) is 0 Å². The Labute approximate surface area is 131 Å². The van der Waals surface area contributed by atoms with Gasteiger partial charge in [0.25, 0.3) is 11.6 Å². The minimum atomic E-state index is -0.561. The molecule has 2 aromatic rings. The van der Waals surface area contributed by atoms with Crippen molar-refractivity contribution in [2.45, 2.75) is 6.92 Å². The summed E-state index contributed by atoms with van der Waals surface area (Å²) in [6.07, 6.45) is 0. The first kappa shape index (κ1) is 15.8. The van der Waals surface area contributed by atoms with Crippen LogP contribution in [-0.4, -0.2) is 17.4 Å². The molecule has 22 heavy (non-hydrogen) atoms. The zero-order valence-electron chi connectivity index (χ0n) is 11.7. The number of nitro benzene ring substituents is 1. The molecule has 0 radical (unpaired) electrons. The highest BCUT2D eigenvalue weighted by Gasteiger charge is 2.12. The average molecular weight is 321 g/mol. The molecule has 0 saturated heterocycles. The normalized spacial score (nSPS) is 10.1. The van der Waals surface area contributed by atoms with Crippen LogP contribution in [0.3, 0.4) is 0 Å². The molecule has 0 aliphatic rings. The van der Waals surface area contributed by atoms with E-state index in [1.54, 1.807) is 12.1 Å². The van der Waals surface area contributed by atoms with Crippen LogP contribution in [0.1, 0.15) is 5.56 Å². The van der Waals surface area contributed by atoms with Gasteiger partial charge in [0, 0.05) is 12.1 Å². The molecule has 6 nitrogen and oxygen atoms in total. The number of non-ortho nitro benzene ring substituents is 1. The van der Waals surface area contributed by atoms with Crippen LogP contribution in [0.15, 0.2) is 42.5 Å². The number of halogens is 1. The van der Waals surface area contributed by atoms with Crippen LogP contribution in [-0.2, 0) is 4.79 Å². The summed E-state index contributed by atoms with van der Waals surface area (Å²) in [6, 6.07) is 11.1. The third-order valence-corrected chi connectivity index (χ3v) is 3.16. The van der Waals surface area contributed by atoms with Gasteiger partial charge in [0.05, 0.1) is 15.6 Å². The third-order valence-electron chi connectivity index (χ3n) is 2.83. The molecule has 1 amide bonds. The number of aryl methyl sites for hydroxylation is 1. The number of nitrogens with zero attached hydrogens (tertiary/aromatic N) is 1. The maximum absolute atomic E-state index is 11.8. The molecule has 0 aromatic heterocycles. The molecular formula is C15H13ClN2O4. The van der Waals surface area contributed by atoms with Gasteiger partial charge in [0.15, 0.2) is 6.61 Å². The smallest absolute Gasteiger partial charge is 0.271 e. The molecule has 1 N–H and O–H groups in total. The van der Waals surface area contributed by atoms with Crippen LogP contribution >= 0.6 is 11.6 Å². The van der Waals surface area contributed by atoms with Crippen molar-refractivity contribution in [2.24, 2.45) is 0 Å². The SMILES string of the molecule is Cc1ccc(OCC(=O)Nc2cc([N+](=O)[O-])ccc2Cl)cc1. The van der Waals surface area contributed by atoms with Crippen LogP contribution in [0.5, 0.6) is 5.75 Å². The lowest BCUT2D eigenvalue weighted by atomic mass is 10.2. The fraction of sp³-hybridized carbons (Fsp3) is 0.133. The van der Waals surface area contributed by atoms with Gasteiger partial charge in [-0.2, -0.15) is 0 Å². The van der Waals surface area contributed by atoms with Gasteiger partial charge in [-0.3, -0.25) is 14.9 Å². The second kappa shape index (κ2) is 6.91. The minimum absolute atomic E-state index is 0.154. The summed E-state index contributed by atoms with van der Waals surface area (Å²) in [5, 5.41) is 13.4. The molecular weight excluding hydrogens is 308 g/mol. The summed E-state index contributed by atoms with van der Waals surface area (Å²) in [5.41, 5.74) is 1.10. The minimum Gasteiger partial charge on any atom is -0.484 e. The molecule has 0 aliphatic carbocycles. The van der Waals surface area contributed by atoms with E-state index in [9.17, 15) is 14.9 Å². The summed E-state index contributed by atoms with van der Waals surface area (Å²) < 4.78 is 5.32. The quantitative estimate of drug-likeness (QED) is 0.674. The fourth-order valence-corrected chi connectivity index (χ4v) is 1.86. The van der Waals surface area contributed by atoms with Crippen LogP contribution in [0.4, 0.5) is 11.4 Å². The lowest BCUT2D eigenvalue weighted by Crippen LogP contribution is -2.20. The molecule has 0 saturated carbocycles. The standard InChI is InChI=1S/C15H13ClN2O4/c1-10-2-5-12(6-3-10)22-9-15(19)17-14-8-11(18(20)21)4-7-13(14)16/h2-8H,9H2,1H3,(H,17,19). The van der Waals surface area contributed by atoms with Crippen LogP contribution in [0.25, 0.3) is 0 Å². The zero-order valence-corrected chi connectivity index (χ0v) is 12.5. The number of carbonyl (C=O) groups is 1. The maximum Gasteiger partial charge on any atom is 0.271 e. The number of amides is 1. The molecule has 0 heterocycles. The van der Waals surface area contributed by atoms with Crippen molar-refractivity contribution in [3.63, 3.8) is 0 Å². The van der Waals surface area contributed by atoms with Crippen molar-refractivity contribution in [1.82, 2.24) is 0 Å². The Morgan fingerprint density at radius 3 is 2.59 bits per heavy atom. The molecule has 0 fully saturated rings. The Morgan fingerprint density at radius 2 is 1.95 bits per heavy atom. The van der Waals surface area contributed by atoms with Crippen molar-refractivity contribution in [1.29, 1.82) is 0 Å².